The highest BCUT2D eigenvalue weighted by Gasteiger charge is 2.57. The van der Waals surface area contributed by atoms with Crippen LogP contribution in [-0.2, 0) is 15.8 Å². The maximum absolute atomic E-state index is 14.5. The molecule has 39 heavy (non-hydrogen) atoms. The number of fused-ring (bicyclic) bond motifs is 2. The van der Waals surface area contributed by atoms with Crippen LogP contribution < -0.4 is 15.8 Å². The van der Waals surface area contributed by atoms with Crippen LogP contribution in [0.4, 0.5) is 17.6 Å². The van der Waals surface area contributed by atoms with Crippen molar-refractivity contribution in [3.05, 3.63) is 77.9 Å². The summed E-state index contributed by atoms with van der Waals surface area (Å²) < 4.78 is 64.0. The Morgan fingerprint density at radius 3 is 2.62 bits per heavy atom. The Morgan fingerprint density at radius 1 is 1.23 bits per heavy atom. The fraction of sp³-hybridized carbons (Fsp3) is 0.240. The third-order valence-corrected chi connectivity index (χ3v) is 6.68. The molecule has 14 heteroatoms. The van der Waals surface area contributed by atoms with E-state index in [2.05, 4.69) is 20.3 Å². The van der Waals surface area contributed by atoms with E-state index in [1.165, 1.54) is 42.0 Å². The van der Waals surface area contributed by atoms with Crippen molar-refractivity contribution in [3.63, 3.8) is 0 Å². The van der Waals surface area contributed by atoms with Gasteiger partial charge in [0.15, 0.2) is 5.65 Å². The second kappa shape index (κ2) is 9.01. The monoisotopic (exact) mass is 544 g/mol. The van der Waals surface area contributed by atoms with Crippen LogP contribution in [0.25, 0.3) is 16.9 Å². The molecule has 4 heterocycles. The molecule has 4 N–H and O–H groups in total. The zero-order valence-corrected chi connectivity index (χ0v) is 20.2. The van der Waals surface area contributed by atoms with Gasteiger partial charge >= 0.3 is 6.18 Å². The molecule has 2 amide bonds. The molecule has 2 atom stereocenters. The Kier molecular flexibility index (Phi) is 6.01. The smallest absolute Gasteiger partial charge is 0.424 e. The zero-order chi connectivity index (χ0) is 28.2. The first kappa shape index (κ1) is 26.0. The molecular weight excluding hydrogens is 524 g/mol. The Hall–Kier alpha value is -4.59. The van der Waals surface area contributed by atoms with Gasteiger partial charge in [-0.15, -0.1) is 0 Å². The van der Waals surface area contributed by atoms with Gasteiger partial charge in [0.05, 0.1) is 24.6 Å². The highest BCUT2D eigenvalue weighted by atomic mass is 19.4. The Balaban J connectivity index is 1.61. The first-order chi connectivity index (χ1) is 18.3. The number of pyridine rings is 1. The van der Waals surface area contributed by atoms with Crippen molar-refractivity contribution in [1.29, 1.82) is 0 Å². The number of benzene rings is 1. The molecule has 4 aromatic rings. The number of halogens is 4. The minimum absolute atomic E-state index is 0.0282. The lowest BCUT2D eigenvalue weighted by atomic mass is 9.81. The second-order valence-electron chi connectivity index (χ2n) is 9.21. The molecule has 0 saturated heterocycles. The van der Waals surface area contributed by atoms with Crippen LogP contribution in [-0.4, -0.2) is 55.6 Å². The fourth-order valence-electron chi connectivity index (χ4n) is 4.25. The molecule has 1 aliphatic rings. The van der Waals surface area contributed by atoms with Gasteiger partial charge in [-0.3, -0.25) is 19.0 Å². The molecule has 10 nitrogen and oxygen atoms in total. The Morgan fingerprint density at radius 2 is 1.95 bits per heavy atom. The van der Waals surface area contributed by atoms with Crippen LogP contribution >= 0.6 is 0 Å². The summed E-state index contributed by atoms with van der Waals surface area (Å²) in [5, 5.41) is 13.2. The number of carbonyl (C=O) groups excluding carboxylic acids is 2. The summed E-state index contributed by atoms with van der Waals surface area (Å²) in [5.74, 6) is -2.47. The zero-order valence-electron chi connectivity index (χ0n) is 20.2. The number of carbonyl (C=O) groups is 2. The molecule has 0 saturated carbocycles. The van der Waals surface area contributed by atoms with Gasteiger partial charge in [0.25, 0.3) is 5.91 Å². The molecule has 1 aliphatic heterocycles. The standard InChI is InChI=1S/C25H20F4N6O4/c1-23(22(30)37)12-39-20-15(23)8-17(34-19(20)13-2-4-14(26)5-3-13)24(38,25(27,28)29)11-33-21(36)16-9-32-18-10-31-6-7-35(16)18/h2-10,38H,11-12H2,1H3,(H2,30,37)(H,33,36)/t23-,24-/m0/s1. The lowest BCUT2D eigenvalue weighted by Gasteiger charge is -2.31. The molecule has 202 valence electrons. The van der Waals surface area contributed by atoms with E-state index in [9.17, 15) is 32.3 Å². The SMILES string of the molecule is C[C@]1(C(N)=O)COc2c1cc([C@@](O)(CNC(=O)c1cnc3cnccn13)C(F)(F)F)nc2-c1ccc(F)cc1. The quantitative estimate of drug-likeness (QED) is 0.316. The van der Waals surface area contributed by atoms with Crippen LogP contribution in [0.15, 0.2) is 55.1 Å². The van der Waals surface area contributed by atoms with E-state index in [1.54, 1.807) is 0 Å². The number of aliphatic hydroxyl groups is 1. The van der Waals surface area contributed by atoms with Crippen molar-refractivity contribution >= 4 is 17.5 Å². The summed E-state index contributed by atoms with van der Waals surface area (Å²) in [5.41, 5.74) is -0.496. The van der Waals surface area contributed by atoms with Crippen LogP contribution in [0.5, 0.6) is 5.75 Å². The van der Waals surface area contributed by atoms with Gasteiger partial charge < -0.3 is 20.9 Å². The minimum atomic E-state index is -5.34. The molecule has 5 rings (SSSR count). The van der Waals surface area contributed by atoms with E-state index >= 15 is 0 Å². The number of nitrogens with zero attached hydrogens (tertiary/aromatic N) is 4. The molecule has 0 bridgehead atoms. The van der Waals surface area contributed by atoms with Crippen molar-refractivity contribution in [2.45, 2.75) is 24.1 Å². The highest BCUT2D eigenvalue weighted by Crippen LogP contribution is 2.47. The summed E-state index contributed by atoms with van der Waals surface area (Å²) in [6.45, 7) is -0.245. The average molecular weight is 544 g/mol. The summed E-state index contributed by atoms with van der Waals surface area (Å²) in [6, 6.07) is 5.55. The second-order valence-corrected chi connectivity index (χ2v) is 9.21. The number of primary amides is 1. The number of imidazole rings is 1. The van der Waals surface area contributed by atoms with Gasteiger partial charge in [0.2, 0.25) is 11.5 Å². The van der Waals surface area contributed by atoms with Crippen LogP contribution in [0, 0.1) is 5.82 Å². The molecule has 0 aliphatic carbocycles. The summed E-state index contributed by atoms with van der Waals surface area (Å²) in [4.78, 5) is 37.0. The van der Waals surface area contributed by atoms with Gasteiger partial charge in [0.1, 0.15) is 35.0 Å². The molecule has 0 unspecified atom stereocenters. The van der Waals surface area contributed by atoms with Crippen LogP contribution in [0.3, 0.4) is 0 Å². The average Bonchev–Trinajstić information content (AvgIpc) is 3.49. The maximum Gasteiger partial charge on any atom is 0.424 e. The topological polar surface area (TPSA) is 145 Å². The predicted octanol–water partition coefficient (Wildman–Crippen LogP) is 2.25. The number of aromatic nitrogens is 4. The van der Waals surface area contributed by atoms with Gasteiger partial charge in [-0.1, -0.05) is 0 Å². The third-order valence-electron chi connectivity index (χ3n) is 6.68. The van der Waals surface area contributed by atoms with Gasteiger partial charge in [-0.25, -0.2) is 14.4 Å². The van der Waals surface area contributed by atoms with E-state index < -0.39 is 47.1 Å². The first-order valence-electron chi connectivity index (χ1n) is 11.4. The molecule has 1 aromatic carbocycles. The molecule has 0 spiro atoms. The van der Waals surface area contributed by atoms with Crippen molar-refractivity contribution in [2.24, 2.45) is 5.73 Å². The van der Waals surface area contributed by atoms with E-state index in [0.717, 1.165) is 24.4 Å². The number of hydrogen-bond acceptors (Lipinski definition) is 7. The Labute approximate surface area is 217 Å². The largest absolute Gasteiger partial charge is 0.489 e. The molecule has 0 radical (unpaired) electrons. The predicted molar refractivity (Wildman–Crippen MR) is 127 cm³/mol. The van der Waals surface area contributed by atoms with Crippen molar-refractivity contribution in [1.82, 2.24) is 24.7 Å². The van der Waals surface area contributed by atoms with E-state index in [4.69, 9.17) is 10.5 Å². The molecule has 0 fully saturated rings. The highest BCUT2D eigenvalue weighted by molar-refractivity contribution is 5.93. The van der Waals surface area contributed by atoms with Crippen molar-refractivity contribution < 1.29 is 37.0 Å². The molecular formula is C25H20F4N6O4. The number of rotatable bonds is 6. The lowest BCUT2D eigenvalue weighted by Crippen LogP contribution is -2.52. The summed E-state index contributed by atoms with van der Waals surface area (Å²) in [7, 11) is 0. The number of nitrogens with two attached hydrogens (primary N) is 1. The van der Waals surface area contributed by atoms with E-state index in [1.807, 2.05) is 0 Å². The summed E-state index contributed by atoms with van der Waals surface area (Å²) in [6.07, 6.45) is -0.0791. The van der Waals surface area contributed by atoms with Gasteiger partial charge in [0, 0.05) is 23.5 Å². The first-order valence-corrected chi connectivity index (χ1v) is 11.4. The number of nitrogens with one attached hydrogen (secondary N) is 1. The number of hydrogen-bond donors (Lipinski definition) is 3. The van der Waals surface area contributed by atoms with E-state index in [-0.39, 0.29) is 40.5 Å². The maximum atomic E-state index is 14.5. The van der Waals surface area contributed by atoms with E-state index in [0.29, 0.717) is 0 Å². The fourth-order valence-corrected chi connectivity index (χ4v) is 4.25. The molecule has 3 aromatic heterocycles. The summed E-state index contributed by atoms with van der Waals surface area (Å²) >= 11 is 0. The van der Waals surface area contributed by atoms with Crippen LogP contribution in [0.1, 0.15) is 28.7 Å². The number of alkyl halides is 3. The van der Waals surface area contributed by atoms with Crippen LogP contribution in [0.2, 0.25) is 0 Å². The van der Waals surface area contributed by atoms with Gasteiger partial charge in [-0.2, -0.15) is 13.2 Å². The minimum Gasteiger partial charge on any atom is -0.489 e. The normalized spacial score (nSPS) is 18.3. The van der Waals surface area contributed by atoms with Gasteiger partial charge in [-0.05, 0) is 37.3 Å². The van der Waals surface area contributed by atoms with Crippen molar-refractivity contribution in [2.75, 3.05) is 13.2 Å². The number of amides is 2. The Bertz CT molecular complexity index is 1610. The number of ether oxygens (including phenoxy) is 1. The third kappa shape index (κ3) is 4.22. The van der Waals surface area contributed by atoms with Crippen molar-refractivity contribution in [3.8, 4) is 17.0 Å². The lowest BCUT2D eigenvalue weighted by molar-refractivity contribution is -0.265.